The first-order chi connectivity index (χ1) is 9.15. The first-order valence-corrected chi connectivity index (χ1v) is 6.92. The summed E-state index contributed by atoms with van der Waals surface area (Å²) in [4.78, 5) is 10.3. The molecule has 0 aromatic heterocycles. The zero-order chi connectivity index (χ0) is 15.6. The lowest BCUT2D eigenvalue weighted by Crippen LogP contribution is -2.51. The molecular formula is C11H14FNO6S. The van der Waals surface area contributed by atoms with Crippen molar-refractivity contribution in [3.63, 3.8) is 0 Å². The third-order valence-electron chi connectivity index (χ3n) is 2.56. The average Bonchev–Trinajstić information content (AvgIpc) is 2.38. The van der Waals surface area contributed by atoms with Gasteiger partial charge in [0.2, 0.25) is 10.0 Å². The minimum absolute atomic E-state index is 0.482. The molecule has 4 N–H and O–H groups in total. The molecule has 9 heteroatoms. The Hall–Kier alpha value is -1.55. The van der Waals surface area contributed by atoms with Gasteiger partial charge in [-0.2, -0.15) is 0 Å². The van der Waals surface area contributed by atoms with Gasteiger partial charge < -0.3 is 15.3 Å². The van der Waals surface area contributed by atoms with Gasteiger partial charge in [-0.25, -0.2) is 22.3 Å². The lowest BCUT2D eigenvalue weighted by atomic mass is 10.1. The number of sulfonamides is 1. The fourth-order valence-corrected chi connectivity index (χ4v) is 2.75. The summed E-state index contributed by atoms with van der Waals surface area (Å²) in [6, 6.07) is 2.27. The van der Waals surface area contributed by atoms with Crippen LogP contribution >= 0.6 is 0 Å². The van der Waals surface area contributed by atoms with Crippen molar-refractivity contribution >= 4 is 16.0 Å². The van der Waals surface area contributed by atoms with Crippen LogP contribution in [0.4, 0.5) is 4.39 Å². The second kappa shape index (κ2) is 5.83. The monoisotopic (exact) mass is 307 g/mol. The molecule has 0 saturated heterocycles. The van der Waals surface area contributed by atoms with E-state index >= 15 is 0 Å². The molecule has 112 valence electrons. The average molecular weight is 307 g/mol. The highest BCUT2D eigenvalue weighted by Crippen LogP contribution is 2.17. The van der Waals surface area contributed by atoms with Crippen LogP contribution in [0, 0.1) is 5.82 Å². The largest absolute Gasteiger partial charge is 0.478 e. The van der Waals surface area contributed by atoms with Gasteiger partial charge in [-0.3, -0.25) is 0 Å². The van der Waals surface area contributed by atoms with E-state index in [9.17, 15) is 17.6 Å². The molecule has 0 saturated carbocycles. The highest BCUT2D eigenvalue weighted by Gasteiger charge is 2.30. The lowest BCUT2D eigenvalue weighted by Gasteiger charge is -2.25. The van der Waals surface area contributed by atoms with Crippen molar-refractivity contribution in [3.05, 3.63) is 29.6 Å². The number of hydrogen-bond donors (Lipinski definition) is 4. The van der Waals surface area contributed by atoms with Gasteiger partial charge in [0.05, 0.1) is 29.2 Å². The molecule has 0 aliphatic carbocycles. The molecule has 0 aliphatic heterocycles. The van der Waals surface area contributed by atoms with Crippen LogP contribution in [0.2, 0.25) is 0 Å². The summed E-state index contributed by atoms with van der Waals surface area (Å²) in [6.07, 6.45) is 0. The molecular weight excluding hydrogens is 293 g/mol. The Balaban J connectivity index is 3.23. The Bertz CT molecular complexity index is 611. The van der Waals surface area contributed by atoms with Crippen molar-refractivity contribution in [2.24, 2.45) is 0 Å². The molecule has 0 radical (unpaired) electrons. The quantitative estimate of drug-likeness (QED) is 0.564. The molecule has 0 atom stereocenters. The first kappa shape index (κ1) is 16.5. The Labute approximate surface area is 114 Å². The lowest BCUT2D eigenvalue weighted by molar-refractivity contribution is 0.0691. The van der Waals surface area contributed by atoms with Gasteiger partial charge >= 0.3 is 5.97 Å². The minimum atomic E-state index is -4.21. The summed E-state index contributed by atoms with van der Waals surface area (Å²) in [6.45, 7) is -0.0857. The summed E-state index contributed by atoms with van der Waals surface area (Å²) in [5, 5.41) is 26.8. The molecule has 1 aromatic carbocycles. The van der Waals surface area contributed by atoms with Crippen LogP contribution in [0.5, 0.6) is 0 Å². The normalized spacial score (nSPS) is 12.4. The molecule has 0 aliphatic rings. The molecule has 20 heavy (non-hydrogen) atoms. The van der Waals surface area contributed by atoms with Gasteiger partial charge in [-0.1, -0.05) is 0 Å². The molecule has 0 unspecified atom stereocenters. The van der Waals surface area contributed by atoms with E-state index in [2.05, 4.69) is 0 Å². The maximum absolute atomic E-state index is 13.2. The van der Waals surface area contributed by atoms with Gasteiger partial charge in [0.15, 0.2) is 0 Å². The fraction of sp³-hybridized carbons (Fsp3) is 0.364. The maximum Gasteiger partial charge on any atom is 0.338 e. The number of aromatic carboxylic acids is 1. The van der Waals surface area contributed by atoms with Crippen LogP contribution in [0.25, 0.3) is 0 Å². The SMILES string of the molecule is CC(CO)(CO)NS(=O)(=O)c1ccc(F)c(C(=O)O)c1. The second-order valence-electron chi connectivity index (χ2n) is 4.43. The number of aliphatic hydroxyl groups excluding tert-OH is 2. The number of carboxylic acids is 1. The van der Waals surface area contributed by atoms with E-state index in [4.69, 9.17) is 15.3 Å². The van der Waals surface area contributed by atoms with Crippen LogP contribution < -0.4 is 4.72 Å². The number of carboxylic acid groups (broad SMARTS) is 1. The van der Waals surface area contributed by atoms with Gasteiger partial charge in [0, 0.05) is 0 Å². The molecule has 7 nitrogen and oxygen atoms in total. The minimum Gasteiger partial charge on any atom is -0.478 e. The summed E-state index contributed by atoms with van der Waals surface area (Å²) >= 11 is 0. The predicted molar refractivity (Wildman–Crippen MR) is 66.3 cm³/mol. The van der Waals surface area contributed by atoms with Crippen molar-refractivity contribution in [2.45, 2.75) is 17.4 Å². The topological polar surface area (TPSA) is 124 Å². The molecule has 0 fully saturated rings. The van der Waals surface area contributed by atoms with Gasteiger partial charge in [-0.05, 0) is 25.1 Å². The molecule has 0 spiro atoms. The summed E-state index contributed by atoms with van der Waals surface area (Å²) < 4.78 is 39.2. The third kappa shape index (κ3) is 3.51. The third-order valence-corrected chi connectivity index (χ3v) is 4.19. The zero-order valence-electron chi connectivity index (χ0n) is 10.5. The molecule has 0 amide bonds. The molecule has 1 aromatic rings. The molecule has 0 heterocycles. The number of benzene rings is 1. The number of hydrogen-bond acceptors (Lipinski definition) is 5. The van der Waals surface area contributed by atoms with Crippen molar-refractivity contribution in [1.82, 2.24) is 4.72 Å². The predicted octanol–water partition coefficient (Wildman–Crippen LogP) is -0.454. The van der Waals surface area contributed by atoms with E-state index in [0.717, 1.165) is 6.07 Å². The van der Waals surface area contributed by atoms with Crippen LogP contribution in [-0.4, -0.2) is 48.5 Å². The Morgan fingerprint density at radius 1 is 1.35 bits per heavy atom. The Morgan fingerprint density at radius 2 is 1.90 bits per heavy atom. The van der Waals surface area contributed by atoms with Gasteiger partial charge in [0.25, 0.3) is 0 Å². The standard InChI is InChI=1S/C11H14FNO6S/c1-11(5-14,6-15)13-20(18,19)7-2-3-9(12)8(4-7)10(16)17/h2-4,13-15H,5-6H2,1H3,(H,16,17). The summed E-state index contributed by atoms with van der Waals surface area (Å²) in [5.41, 5.74) is -2.31. The van der Waals surface area contributed by atoms with Crippen molar-refractivity contribution < 1.29 is 32.9 Å². The number of carbonyl (C=O) groups is 1. The highest BCUT2D eigenvalue weighted by atomic mass is 32.2. The maximum atomic E-state index is 13.2. The van der Waals surface area contributed by atoms with Crippen LogP contribution in [-0.2, 0) is 10.0 Å². The van der Waals surface area contributed by atoms with E-state index in [0.29, 0.717) is 12.1 Å². The molecule has 0 bridgehead atoms. The van der Waals surface area contributed by atoms with Crippen LogP contribution in [0.3, 0.4) is 0 Å². The van der Waals surface area contributed by atoms with Crippen molar-refractivity contribution in [1.29, 1.82) is 0 Å². The van der Waals surface area contributed by atoms with Crippen LogP contribution in [0.1, 0.15) is 17.3 Å². The Kier molecular flexibility index (Phi) is 4.81. The first-order valence-electron chi connectivity index (χ1n) is 5.44. The van der Waals surface area contributed by atoms with Crippen molar-refractivity contribution in [2.75, 3.05) is 13.2 Å². The second-order valence-corrected chi connectivity index (χ2v) is 6.11. The van der Waals surface area contributed by atoms with Crippen LogP contribution in [0.15, 0.2) is 23.1 Å². The van der Waals surface area contributed by atoms with Crippen molar-refractivity contribution in [3.8, 4) is 0 Å². The smallest absolute Gasteiger partial charge is 0.338 e. The highest BCUT2D eigenvalue weighted by molar-refractivity contribution is 7.89. The zero-order valence-corrected chi connectivity index (χ0v) is 11.3. The van der Waals surface area contributed by atoms with E-state index in [1.54, 1.807) is 0 Å². The Morgan fingerprint density at radius 3 is 2.35 bits per heavy atom. The van der Waals surface area contributed by atoms with E-state index in [1.807, 2.05) is 4.72 Å². The van der Waals surface area contributed by atoms with Gasteiger partial charge in [0.1, 0.15) is 5.82 Å². The van der Waals surface area contributed by atoms with E-state index in [-0.39, 0.29) is 0 Å². The number of rotatable bonds is 6. The summed E-state index contributed by atoms with van der Waals surface area (Å²) in [5.74, 6) is -2.67. The summed E-state index contributed by atoms with van der Waals surface area (Å²) in [7, 11) is -4.21. The van der Waals surface area contributed by atoms with E-state index in [1.165, 1.54) is 6.92 Å². The number of nitrogens with one attached hydrogen (secondary N) is 1. The fourth-order valence-electron chi connectivity index (χ4n) is 1.33. The molecule has 1 rings (SSSR count). The number of halogens is 1. The van der Waals surface area contributed by atoms with Gasteiger partial charge in [-0.15, -0.1) is 0 Å². The van der Waals surface area contributed by atoms with E-state index < -0.39 is 51.0 Å². The number of aliphatic hydroxyl groups is 2.